The summed E-state index contributed by atoms with van der Waals surface area (Å²) in [4.78, 5) is 12.8. The molecule has 0 aliphatic carbocycles. The molecule has 7 heteroatoms. The highest BCUT2D eigenvalue weighted by Gasteiger charge is 2.27. The monoisotopic (exact) mass is 254 g/mol. The molecule has 17 heavy (non-hydrogen) atoms. The van der Waals surface area contributed by atoms with E-state index in [0.717, 1.165) is 6.42 Å². The second-order valence-corrected chi connectivity index (χ2v) is 4.13. The summed E-state index contributed by atoms with van der Waals surface area (Å²) in [5.41, 5.74) is 0. The number of rotatable bonds is 5. The van der Waals surface area contributed by atoms with E-state index in [9.17, 15) is 18.0 Å². The van der Waals surface area contributed by atoms with Crippen molar-refractivity contribution in [2.24, 2.45) is 0 Å². The SMILES string of the molecule is CN1CC(NCCOCC(F)(F)F)CCC1=O. The number of ether oxygens (including phenoxy) is 1. The molecule has 1 rings (SSSR count). The molecule has 0 bridgehead atoms. The fourth-order valence-corrected chi connectivity index (χ4v) is 1.70. The first-order valence-corrected chi connectivity index (χ1v) is 5.50. The Morgan fingerprint density at radius 3 is 2.82 bits per heavy atom. The third kappa shape index (κ3) is 5.88. The van der Waals surface area contributed by atoms with Gasteiger partial charge >= 0.3 is 6.18 Å². The van der Waals surface area contributed by atoms with Crippen LogP contribution in [-0.2, 0) is 9.53 Å². The Morgan fingerprint density at radius 2 is 2.24 bits per heavy atom. The van der Waals surface area contributed by atoms with Gasteiger partial charge in [-0.2, -0.15) is 13.2 Å². The highest BCUT2D eigenvalue weighted by molar-refractivity contribution is 5.76. The summed E-state index contributed by atoms with van der Waals surface area (Å²) >= 11 is 0. The number of hydrogen-bond acceptors (Lipinski definition) is 3. The molecule has 0 aromatic rings. The number of nitrogens with zero attached hydrogens (tertiary/aromatic N) is 1. The normalized spacial score (nSPS) is 22.0. The van der Waals surface area contributed by atoms with Crippen LogP contribution in [0.15, 0.2) is 0 Å². The highest BCUT2D eigenvalue weighted by Crippen LogP contribution is 2.14. The number of carbonyl (C=O) groups excluding carboxylic acids is 1. The van der Waals surface area contributed by atoms with Crippen LogP contribution in [0.4, 0.5) is 13.2 Å². The predicted octanol–water partition coefficient (Wildman–Crippen LogP) is 0.776. The number of carbonyl (C=O) groups is 1. The summed E-state index contributed by atoms with van der Waals surface area (Å²) in [7, 11) is 1.72. The zero-order valence-electron chi connectivity index (χ0n) is 9.72. The number of likely N-dealkylation sites (N-methyl/N-ethyl adjacent to an activating group) is 1. The Kier molecular flexibility index (Phi) is 5.20. The Hall–Kier alpha value is -0.820. The van der Waals surface area contributed by atoms with Crippen LogP contribution in [-0.4, -0.2) is 56.4 Å². The molecule has 1 atom stereocenters. The van der Waals surface area contributed by atoms with Gasteiger partial charge in [0, 0.05) is 32.6 Å². The molecule has 1 unspecified atom stereocenters. The zero-order chi connectivity index (χ0) is 12.9. The first-order valence-electron chi connectivity index (χ1n) is 5.50. The van der Waals surface area contributed by atoms with Crippen molar-refractivity contribution in [2.75, 3.05) is 33.4 Å². The summed E-state index contributed by atoms with van der Waals surface area (Å²) in [6, 6.07) is 0.146. The average Bonchev–Trinajstić information content (AvgIpc) is 2.21. The third-order valence-corrected chi connectivity index (χ3v) is 2.57. The van der Waals surface area contributed by atoms with Crippen LogP contribution in [0.5, 0.6) is 0 Å². The minimum absolute atomic E-state index is 0.0215. The quantitative estimate of drug-likeness (QED) is 0.737. The topological polar surface area (TPSA) is 41.6 Å². The fourth-order valence-electron chi connectivity index (χ4n) is 1.70. The molecule has 1 saturated heterocycles. The maximum Gasteiger partial charge on any atom is 0.411 e. The van der Waals surface area contributed by atoms with Crippen molar-refractivity contribution < 1.29 is 22.7 Å². The molecule has 1 amide bonds. The minimum atomic E-state index is -4.27. The van der Waals surface area contributed by atoms with E-state index in [2.05, 4.69) is 10.1 Å². The summed E-state index contributed by atoms with van der Waals surface area (Å²) in [6.07, 6.45) is -3.06. The van der Waals surface area contributed by atoms with Crippen molar-refractivity contribution in [1.29, 1.82) is 0 Å². The molecular formula is C10H17F3N2O2. The van der Waals surface area contributed by atoms with Gasteiger partial charge in [-0.1, -0.05) is 0 Å². The van der Waals surface area contributed by atoms with Gasteiger partial charge in [0.15, 0.2) is 0 Å². The molecule has 1 heterocycles. The lowest BCUT2D eigenvalue weighted by Gasteiger charge is -2.30. The largest absolute Gasteiger partial charge is 0.411 e. The van der Waals surface area contributed by atoms with Gasteiger partial charge in [0.25, 0.3) is 0 Å². The van der Waals surface area contributed by atoms with Crippen LogP contribution in [0.1, 0.15) is 12.8 Å². The van der Waals surface area contributed by atoms with Crippen LogP contribution in [0.25, 0.3) is 0 Å². The molecule has 0 spiro atoms. The van der Waals surface area contributed by atoms with Crippen LogP contribution in [0.2, 0.25) is 0 Å². The molecule has 1 fully saturated rings. The van der Waals surface area contributed by atoms with E-state index in [4.69, 9.17) is 0 Å². The second kappa shape index (κ2) is 6.20. The van der Waals surface area contributed by atoms with Gasteiger partial charge < -0.3 is 15.0 Å². The molecule has 0 aromatic heterocycles. The number of nitrogens with one attached hydrogen (secondary N) is 1. The van der Waals surface area contributed by atoms with Gasteiger partial charge in [-0.15, -0.1) is 0 Å². The van der Waals surface area contributed by atoms with Gasteiger partial charge in [0.1, 0.15) is 6.61 Å². The van der Waals surface area contributed by atoms with Crippen molar-refractivity contribution in [3.05, 3.63) is 0 Å². The van der Waals surface area contributed by atoms with Crippen molar-refractivity contribution in [2.45, 2.75) is 25.1 Å². The Morgan fingerprint density at radius 1 is 1.53 bits per heavy atom. The lowest BCUT2D eigenvalue weighted by atomic mass is 10.1. The van der Waals surface area contributed by atoms with Crippen molar-refractivity contribution in [3.63, 3.8) is 0 Å². The lowest BCUT2D eigenvalue weighted by Crippen LogP contribution is -2.47. The van der Waals surface area contributed by atoms with Gasteiger partial charge in [0.05, 0.1) is 6.61 Å². The molecular weight excluding hydrogens is 237 g/mol. The molecule has 1 aliphatic heterocycles. The number of alkyl halides is 3. The van der Waals surface area contributed by atoms with Gasteiger partial charge in [-0.3, -0.25) is 4.79 Å². The maximum absolute atomic E-state index is 11.7. The molecule has 4 nitrogen and oxygen atoms in total. The molecule has 0 radical (unpaired) electrons. The van der Waals surface area contributed by atoms with Crippen LogP contribution in [0.3, 0.4) is 0 Å². The Labute approximate surface area is 98.1 Å². The van der Waals surface area contributed by atoms with Crippen molar-refractivity contribution >= 4 is 5.91 Å². The van der Waals surface area contributed by atoms with Crippen molar-refractivity contribution in [3.8, 4) is 0 Å². The molecule has 1 aliphatic rings. The number of likely N-dealkylation sites (tertiary alicyclic amines) is 1. The van der Waals surface area contributed by atoms with Gasteiger partial charge in [0.2, 0.25) is 5.91 Å². The minimum Gasteiger partial charge on any atom is -0.371 e. The fraction of sp³-hybridized carbons (Fsp3) is 0.900. The number of halogens is 3. The Balaban J connectivity index is 2.05. The predicted molar refractivity (Wildman–Crippen MR) is 55.5 cm³/mol. The summed E-state index contributed by atoms with van der Waals surface area (Å²) in [5, 5.41) is 3.07. The third-order valence-electron chi connectivity index (χ3n) is 2.57. The smallest absolute Gasteiger partial charge is 0.371 e. The zero-order valence-corrected chi connectivity index (χ0v) is 9.72. The summed E-state index contributed by atoms with van der Waals surface area (Å²) < 4.78 is 39.7. The second-order valence-electron chi connectivity index (χ2n) is 4.13. The molecule has 0 aromatic carbocycles. The molecule has 100 valence electrons. The van der Waals surface area contributed by atoms with Crippen LogP contribution < -0.4 is 5.32 Å². The van der Waals surface area contributed by atoms with E-state index in [0.29, 0.717) is 19.5 Å². The van der Waals surface area contributed by atoms with Crippen LogP contribution >= 0.6 is 0 Å². The lowest BCUT2D eigenvalue weighted by molar-refractivity contribution is -0.173. The van der Waals surface area contributed by atoms with E-state index in [1.54, 1.807) is 11.9 Å². The summed E-state index contributed by atoms with van der Waals surface area (Å²) in [6.45, 7) is -0.230. The van der Waals surface area contributed by atoms with Gasteiger partial charge in [-0.05, 0) is 6.42 Å². The highest BCUT2D eigenvalue weighted by atomic mass is 19.4. The number of amides is 1. The van der Waals surface area contributed by atoms with E-state index in [-0.39, 0.29) is 18.6 Å². The first kappa shape index (κ1) is 14.2. The maximum atomic E-state index is 11.7. The Bertz CT molecular complexity index is 258. The van der Waals surface area contributed by atoms with Crippen LogP contribution in [0, 0.1) is 0 Å². The van der Waals surface area contributed by atoms with Gasteiger partial charge in [-0.25, -0.2) is 0 Å². The van der Waals surface area contributed by atoms with E-state index in [1.165, 1.54) is 0 Å². The number of piperidine rings is 1. The van der Waals surface area contributed by atoms with E-state index < -0.39 is 12.8 Å². The standard InChI is InChI=1S/C10H17F3N2O2/c1-15-6-8(2-3-9(15)16)14-4-5-17-7-10(11,12)13/h8,14H,2-7H2,1H3. The molecule has 0 saturated carbocycles. The summed E-state index contributed by atoms with van der Waals surface area (Å²) in [5.74, 6) is 0.108. The number of hydrogen-bond donors (Lipinski definition) is 1. The van der Waals surface area contributed by atoms with E-state index >= 15 is 0 Å². The molecule has 1 N–H and O–H groups in total. The van der Waals surface area contributed by atoms with E-state index in [1.807, 2.05) is 0 Å². The first-order chi connectivity index (χ1) is 7.88. The van der Waals surface area contributed by atoms with Crippen molar-refractivity contribution in [1.82, 2.24) is 10.2 Å². The average molecular weight is 254 g/mol.